The Morgan fingerprint density at radius 2 is 2.00 bits per heavy atom. The fourth-order valence-corrected chi connectivity index (χ4v) is 2.35. The van der Waals surface area contributed by atoms with Gasteiger partial charge in [-0.3, -0.25) is 9.59 Å². The van der Waals surface area contributed by atoms with Gasteiger partial charge in [0, 0.05) is 18.0 Å². The zero-order valence-corrected chi connectivity index (χ0v) is 12.2. The Bertz CT molecular complexity index is 462. The summed E-state index contributed by atoms with van der Waals surface area (Å²) in [6.07, 6.45) is 1.92. The number of hydrogen-bond acceptors (Lipinski definition) is 3. The van der Waals surface area contributed by atoms with Crippen LogP contribution >= 0.6 is 11.8 Å². The highest BCUT2D eigenvalue weighted by molar-refractivity contribution is 7.98. The topological polar surface area (TPSA) is 57.6 Å². The average Bonchev–Trinajstić information content (AvgIpc) is 2.43. The molecule has 5 heteroatoms. The molecule has 0 spiro atoms. The first-order valence-electron chi connectivity index (χ1n) is 6.16. The summed E-state index contributed by atoms with van der Waals surface area (Å²) in [5.41, 5.74) is 0.634. The van der Waals surface area contributed by atoms with E-state index in [-0.39, 0.29) is 12.5 Å². The van der Waals surface area contributed by atoms with Crippen molar-refractivity contribution < 1.29 is 14.7 Å². The molecule has 0 aliphatic heterocycles. The second-order valence-corrected chi connectivity index (χ2v) is 5.13. The van der Waals surface area contributed by atoms with Crippen molar-refractivity contribution in [2.75, 3.05) is 19.3 Å². The maximum Gasteiger partial charge on any atom is 0.308 e. The van der Waals surface area contributed by atoms with E-state index in [0.717, 1.165) is 4.90 Å². The number of hydrogen-bond donors (Lipinski definition) is 1. The monoisotopic (exact) mass is 281 g/mol. The van der Waals surface area contributed by atoms with Crippen LogP contribution in [0.15, 0.2) is 29.2 Å². The highest BCUT2D eigenvalue weighted by atomic mass is 32.2. The number of benzene rings is 1. The van der Waals surface area contributed by atoms with E-state index in [9.17, 15) is 9.59 Å². The molecule has 0 heterocycles. The quantitative estimate of drug-likeness (QED) is 0.814. The van der Waals surface area contributed by atoms with Crippen LogP contribution in [0.25, 0.3) is 0 Å². The molecule has 1 unspecified atom stereocenters. The van der Waals surface area contributed by atoms with Gasteiger partial charge in [0.05, 0.1) is 11.5 Å². The smallest absolute Gasteiger partial charge is 0.308 e. The van der Waals surface area contributed by atoms with Crippen LogP contribution in [0, 0.1) is 5.92 Å². The second kappa shape index (κ2) is 7.19. The normalized spacial score (nSPS) is 11.9. The summed E-state index contributed by atoms with van der Waals surface area (Å²) < 4.78 is 0. The number of thioether (sulfide) groups is 1. The summed E-state index contributed by atoms with van der Waals surface area (Å²) in [5.74, 6) is -1.56. The molecule has 19 heavy (non-hydrogen) atoms. The third-order valence-electron chi connectivity index (χ3n) is 2.92. The standard InChI is InChI=1S/C14H19NO3S/c1-4-15(9-10(2)14(17)18)13(16)11-7-5-6-8-12(11)19-3/h5-8,10H,4,9H2,1-3H3,(H,17,18). The maximum absolute atomic E-state index is 12.4. The summed E-state index contributed by atoms with van der Waals surface area (Å²) in [5, 5.41) is 8.94. The minimum Gasteiger partial charge on any atom is -0.481 e. The van der Waals surface area contributed by atoms with E-state index in [1.165, 1.54) is 11.8 Å². The van der Waals surface area contributed by atoms with Gasteiger partial charge in [0.1, 0.15) is 0 Å². The van der Waals surface area contributed by atoms with Crippen LogP contribution in [-0.4, -0.2) is 41.2 Å². The molecule has 1 atom stereocenters. The fourth-order valence-electron chi connectivity index (χ4n) is 1.76. The summed E-state index contributed by atoms with van der Waals surface area (Å²) >= 11 is 1.51. The molecule has 1 amide bonds. The minimum atomic E-state index is -0.885. The Morgan fingerprint density at radius 3 is 2.53 bits per heavy atom. The van der Waals surface area contributed by atoms with E-state index < -0.39 is 11.9 Å². The zero-order chi connectivity index (χ0) is 14.4. The third kappa shape index (κ3) is 3.99. The van der Waals surface area contributed by atoms with E-state index >= 15 is 0 Å². The lowest BCUT2D eigenvalue weighted by molar-refractivity contribution is -0.141. The zero-order valence-electron chi connectivity index (χ0n) is 11.4. The molecule has 1 aromatic rings. The number of carbonyl (C=O) groups excluding carboxylic acids is 1. The summed E-state index contributed by atoms with van der Waals surface area (Å²) in [7, 11) is 0. The highest BCUT2D eigenvalue weighted by Crippen LogP contribution is 2.21. The molecule has 1 aromatic carbocycles. The number of nitrogens with zero attached hydrogens (tertiary/aromatic N) is 1. The van der Waals surface area contributed by atoms with Crippen molar-refractivity contribution >= 4 is 23.6 Å². The van der Waals surface area contributed by atoms with Gasteiger partial charge in [-0.25, -0.2) is 0 Å². The fraction of sp³-hybridized carbons (Fsp3) is 0.429. The molecule has 0 radical (unpaired) electrons. The number of aliphatic carboxylic acids is 1. The molecule has 0 fully saturated rings. The van der Waals surface area contributed by atoms with Gasteiger partial charge in [0.2, 0.25) is 0 Å². The van der Waals surface area contributed by atoms with E-state index in [0.29, 0.717) is 12.1 Å². The number of carbonyl (C=O) groups is 2. The number of carboxylic acid groups (broad SMARTS) is 1. The van der Waals surface area contributed by atoms with Crippen LogP contribution < -0.4 is 0 Å². The Hall–Kier alpha value is -1.49. The first-order chi connectivity index (χ1) is 9.01. The van der Waals surface area contributed by atoms with Crippen LogP contribution in [0.4, 0.5) is 0 Å². The van der Waals surface area contributed by atoms with E-state index in [1.54, 1.807) is 17.9 Å². The largest absolute Gasteiger partial charge is 0.481 e. The van der Waals surface area contributed by atoms with Crippen molar-refractivity contribution in [3.63, 3.8) is 0 Å². The van der Waals surface area contributed by atoms with Gasteiger partial charge in [0.25, 0.3) is 5.91 Å². The van der Waals surface area contributed by atoms with Crippen molar-refractivity contribution in [2.24, 2.45) is 5.92 Å². The third-order valence-corrected chi connectivity index (χ3v) is 3.72. The summed E-state index contributed by atoms with van der Waals surface area (Å²) in [6.45, 7) is 4.19. The Balaban J connectivity index is 2.92. The van der Waals surface area contributed by atoms with E-state index in [4.69, 9.17) is 5.11 Å². The molecule has 0 bridgehead atoms. The van der Waals surface area contributed by atoms with Gasteiger partial charge in [-0.1, -0.05) is 19.1 Å². The second-order valence-electron chi connectivity index (χ2n) is 4.28. The predicted molar refractivity (Wildman–Crippen MR) is 76.6 cm³/mol. The van der Waals surface area contributed by atoms with Crippen molar-refractivity contribution in [1.82, 2.24) is 4.90 Å². The van der Waals surface area contributed by atoms with E-state index in [2.05, 4.69) is 0 Å². The molecular weight excluding hydrogens is 262 g/mol. The molecule has 4 nitrogen and oxygen atoms in total. The van der Waals surface area contributed by atoms with Crippen molar-refractivity contribution in [1.29, 1.82) is 0 Å². The highest BCUT2D eigenvalue weighted by Gasteiger charge is 2.21. The lowest BCUT2D eigenvalue weighted by Gasteiger charge is -2.23. The number of rotatable bonds is 6. The van der Waals surface area contributed by atoms with Crippen molar-refractivity contribution in [3.8, 4) is 0 Å². The lowest BCUT2D eigenvalue weighted by Crippen LogP contribution is -2.37. The van der Waals surface area contributed by atoms with Crippen molar-refractivity contribution in [2.45, 2.75) is 18.7 Å². The molecule has 1 rings (SSSR count). The molecule has 0 aromatic heterocycles. The Kier molecular flexibility index (Phi) is 5.89. The first-order valence-corrected chi connectivity index (χ1v) is 7.38. The Morgan fingerprint density at radius 1 is 1.37 bits per heavy atom. The molecule has 1 N–H and O–H groups in total. The number of amides is 1. The molecular formula is C14H19NO3S. The molecule has 0 aliphatic carbocycles. The van der Waals surface area contributed by atoms with Crippen LogP contribution in [0.1, 0.15) is 24.2 Å². The summed E-state index contributed by atoms with van der Waals surface area (Å²) in [6, 6.07) is 7.38. The molecule has 0 saturated heterocycles. The Labute approximate surface area is 117 Å². The molecule has 0 saturated carbocycles. The van der Waals surface area contributed by atoms with Crippen LogP contribution in [-0.2, 0) is 4.79 Å². The van der Waals surface area contributed by atoms with Crippen LogP contribution in [0.3, 0.4) is 0 Å². The maximum atomic E-state index is 12.4. The first kappa shape index (κ1) is 15.6. The van der Waals surface area contributed by atoms with Gasteiger partial charge in [-0.15, -0.1) is 11.8 Å². The average molecular weight is 281 g/mol. The lowest BCUT2D eigenvalue weighted by atomic mass is 10.1. The van der Waals surface area contributed by atoms with Gasteiger partial charge >= 0.3 is 5.97 Å². The van der Waals surface area contributed by atoms with Crippen LogP contribution in [0.2, 0.25) is 0 Å². The van der Waals surface area contributed by atoms with E-state index in [1.807, 2.05) is 31.4 Å². The minimum absolute atomic E-state index is 0.111. The number of carboxylic acids is 1. The molecule has 0 aliphatic rings. The van der Waals surface area contributed by atoms with Gasteiger partial charge < -0.3 is 10.0 Å². The van der Waals surface area contributed by atoms with Crippen LogP contribution in [0.5, 0.6) is 0 Å². The van der Waals surface area contributed by atoms with Gasteiger partial charge in [-0.05, 0) is 25.3 Å². The molecule has 104 valence electrons. The SMILES string of the molecule is CCN(CC(C)C(=O)O)C(=O)c1ccccc1SC. The van der Waals surface area contributed by atoms with Gasteiger partial charge in [0.15, 0.2) is 0 Å². The van der Waals surface area contributed by atoms with Crippen molar-refractivity contribution in [3.05, 3.63) is 29.8 Å². The summed E-state index contributed by atoms with van der Waals surface area (Å²) in [4.78, 5) is 25.8. The van der Waals surface area contributed by atoms with Gasteiger partial charge in [-0.2, -0.15) is 0 Å². The predicted octanol–water partition coefficient (Wildman–Crippen LogP) is 2.59.